The van der Waals surface area contributed by atoms with Crippen molar-refractivity contribution in [3.8, 4) is 23.5 Å². The van der Waals surface area contributed by atoms with Crippen molar-refractivity contribution >= 4 is 43.1 Å². The van der Waals surface area contributed by atoms with Crippen molar-refractivity contribution in [3.05, 3.63) is 70.1 Å². The van der Waals surface area contributed by atoms with E-state index in [1.807, 2.05) is 30.3 Å². The molecule has 0 aliphatic heterocycles. The maximum atomic E-state index is 14.1. The van der Waals surface area contributed by atoms with Crippen molar-refractivity contribution in [3.63, 3.8) is 0 Å². The summed E-state index contributed by atoms with van der Waals surface area (Å²) in [6.45, 7) is 2.09. The van der Waals surface area contributed by atoms with Crippen molar-refractivity contribution in [2.45, 2.75) is 62.8 Å². The van der Waals surface area contributed by atoms with Gasteiger partial charge in [-0.25, -0.2) is 0 Å². The maximum absolute atomic E-state index is 14.1. The van der Waals surface area contributed by atoms with E-state index in [0.29, 0.717) is 22.8 Å². The molecule has 0 unspecified atom stereocenters. The van der Waals surface area contributed by atoms with Gasteiger partial charge in [0.2, 0.25) is 0 Å². The molecule has 0 radical (unpaired) electrons. The molecule has 1 aliphatic carbocycles. The Kier molecular flexibility index (Phi) is 6.27. The van der Waals surface area contributed by atoms with Gasteiger partial charge >= 0.3 is 10.2 Å². The summed E-state index contributed by atoms with van der Waals surface area (Å²) in [7, 11) is -4.92. The van der Waals surface area contributed by atoms with Crippen LogP contribution in [0.25, 0.3) is 44.0 Å². The second-order valence-corrected chi connectivity index (χ2v) is 11.7. The SMILES string of the molecule is C#Cc1ccc2c(c1)[nH]c1c2c(=O)c2cc(CCCC)c(-c3cncc(S(=O)(=O)F)c3)cc2n1C1CCCC1. The smallest absolute Gasteiger partial charge is 0.333 e. The van der Waals surface area contributed by atoms with Crippen molar-refractivity contribution in [1.29, 1.82) is 0 Å². The van der Waals surface area contributed by atoms with Crippen LogP contribution < -0.4 is 5.43 Å². The van der Waals surface area contributed by atoms with Gasteiger partial charge in [-0.2, -0.15) is 8.42 Å². The van der Waals surface area contributed by atoms with E-state index in [1.165, 1.54) is 6.07 Å². The topological polar surface area (TPSA) is 84.8 Å². The maximum Gasteiger partial charge on any atom is 0.333 e. The van der Waals surface area contributed by atoms with Gasteiger partial charge in [0.25, 0.3) is 0 Å². The lowest BCUT2D eigenvalue weighted by atomic mass is 9.94. The molecule has 6 nitrogen and oxygen atoms in total. The lowest BCUT2D eigenvalue weighted by Crippen LogP contribution is -2.15. The van der Waals surface area contributed by atoms with E-state index in [-0.39, 0.29) is 11.5 Å². The highest BCUT2D eigenvalue weighted by Gasteiger charge is 2.25. The normalized spacial score (nSPS) is 14.5. The van der Waals surface area contributed by atoms with Crippen LogP contribution in [0.3, 0.4) is 0 Å². The predicted molar refractivity (Wildman–Crippen MR) is 153 cm³/mol. The van der Waals surface area contributed by atoms with Crippen LogP contribution in [0, 0.1) is 12.3 Å². The molecule has 8 heteroatoms. The number of hydrogen-bond acceptors (Lipinski definition) is 4. The lowest BCUT2D eigenvalue weighted by molar-refractivity contribution is 0.545. The van der Waals surface area contributed by atoms with E-state index in [4.69, 9.17) is 6.42 Å². The first kappa shape index (κ1) is 25.3. The van der Waals surface area contributed by atoms with Crippen LogP contribution in [-0.2, 0) is 16.6 Å². The van der Waals surface area contributed by atoms with E-state index in [9.17, 15) is 17.1 Å². The van der Waals surface area contributed by atoms with Crippen LogP contribution in [0.5, 0.6) is 0 Å². The third kappa shape index (κ3) is 4.31. The molecule has 3 heterocycles. The number of terminal acetylenes is 1. The highest BCUT2D eigenvalue weighted by molar-refractivity contribution is 7.86. The quantitative estimate of drug-likeness (QED) is 0.189. The Morgan fingerprint density at radius 1 is 1.13 bits per heavy atom. The zero-order valence-corrected chi connectivity index (χ0v) is 22.4. The summed E-state index contributed by atoms with van der Waals surface area (Å²) in [6.07, 6.45) is 14.9. The van der Waals surface area contributed by atoms with Crippen LogP contribution in [-0.4, -0.2) is 23.0 Å². The average Bonchev–Trinajstić information content (AvgIpc) is 3.59. The second-order valence-electron chi connectivity index (χ2n) is 10.4. The second kappa shape index (κ2) is 9.65. The molecule has 1 N–H and O–H groups in total. The third-order valence-electron chi connectivity index (χ3n) is 7.93. The minimum absolute atomic E-state index is 0.0588. The molecule has 0 saturated heterocycles. The number of aryl methyl sites for hydroxylation is 1. The average molecular weight is 542 g/mol. The first-order valence-corrected chi connectivity index (χ1v) is 14.7. The fraction of sp³-hybridized carbons (Fsp3) is 0.290. The van der Waals surface area contributed by atoms with Crippen LogP contribution in [0.2, 0.25) is 0 Å². The van der Waals surface area contributed by atoms with Crippen LogP contribution in [0.1, 0.15) is 62.6 Å². The molecule has 1 fully saturated rings. The number of aromatic amines is 1. The van der Waals surface area contributed by atoms with E-state index >= 15 is 0 Å². The Labute approximate surface area is 226 Å². The molecule has 1 aliphatic rings. The summed E-state index contributed by atoms with van der Waals surface area (Å²) in [5.41, 5.74) is 5.18. The number of hydrogen-bond donors (Lipinski definition) is 1. The van der Waals surface area contributed by atoms with Gasteiger partial charge in [-0.15, -0.1) is 10.3 Å². The van der Waals surface area contributed by atoms with Gasteiger partial charge < -0.3 is 9.55 Å². The molecule has 0 amide bonds. The van der Waals surface area contributed by atoms with E-state index in [0.717, 1.165) is 83.5 Å². The highest BCUT2D eigenvalue weighted by Crippen LogP contribution is 2.38. The zero-order valence-electron chi connectivity index (χ0n) is 21.6. The molecule has 1 saturated carbocycles. The van der Waals surface area contributed by atoms with E-state index < -0.39 is 15.1 Å². The fourth-order valence-electron chi connectivity index (χ4n) is 6.04. The van der Waals surface area contributed by atoms with Crippen molar-refractivity contribution in [1.82, 2.24) is 14.5 Å². The molecular weight excluding hydrogens is 513 g/mol. The predicted octanol–water partition coefficient (Wildman–Crippen LogP) is 6.80. The van der Waals surface area contributed by atoms with Crippen LogP contribution >= 0.6 is 0 Å². The molecule has 0 atom stereocenters. The first-order chi connectivity index (χ1) is 18.8. The number of unbranched alkanes of at least 4 members (excludes halogenated alkanes) is 1. The number of aromatic nitrogens is 3. The molecule has 3 aromatic heterocycles. The Morgan fingerprint density at radius 2 is 1.92 bits per heavy atom. The number of nitrogens with zero attached hydrogens (tertiary/aromatic N) is 2. The Morgan fingerprint density at radius 3 is 2.64 bits per heavy atom. The molecule has 39 heavy (non-hydrogen) atoms. The molecule has 6 rings (SSSR count). The van der Waals surface area contributed by atoms with Gasteiger partial charge in [-0.05, 0) is 67.1 Å². The monoisotopic (exact) mass is 541 g/mol. The van der Waals surface area contributed by atoms with Gasteiger partial charge in [0.15, 0.2) is 5.43 Å². The minimum Gasteiger partial charge on any atom is -0.340 e. The van der Waals surface area contributed by atoms with Crippen molar-refractivity contribution in [2.24, 2.45) is 0 Å². The van der Waals surface area contributed by atoms with Gasteiger partial charge in [0.1, 0.15) is 10.5 Å². The van der Waals surface area contributed by atoms with Crippen molar-refractivity contribution in [2.75, 3.05) is 0 Å². The van der Waals surface area contributed by atoms with Gasteiger partial charge in [0, 0.05) is 45.9 Å². The molecule has 0 bridgehead atoms. The van der Waals surface area contributed by atoms with Crippen molar-refractivity contribution < 1.29 is 12.3 Å². The number of rotatable bonds is 6. The van der Waals surface area contributed by atoms with Gasteiger partial charge in [-0.3, -0.25) is 9.78 Å². The number of fused-ring (bicyclic) bond motifs is 4. The van der Waals surface area contributed by atoms with Crippen LogP contribution in [0.4, 0.5) is 3.89 Å². The van der Waals surface area contributed by atoms with Gasteiger partial charge in [0.05, 0.1) is 10.9 Å². The van der Waals surface area contributed by atoms with E-state index in [2.05, 4.69) is 27.4 Å². The van der Waals surface area contributed by atoms with Gasteiger partial charge in [-0.1, -0.05) is 38.2 Å². The van der Waals surface area contributed by atoms with E-state index in [1.54, 1.807) is 6.20 Å². The Balaban J connectivity index is 1.73. The standard InChI is InChI=1S/C31H28FN3O3S/c1-3-5-8-20-15-26-28(16-25(20)21-14-23(18-33-17-21)39(32,37)38)35(22-9-6-7-10-22)31-29(30(26)36)24-12-11-19(4-2)13-27(24)34-31/h2,11-18,22,34H,3,5-10H2,1H3. The number of nitrogens with one attached hydrogen (secondary N) is 1. The zero-order chi connectivity index (χ0) is 27.3. The molecule has 5 aromatic rings. The molecular formula is C31H28FN3O3S. The summed E-state index contributed by atoms with van der Waals surface area (Å²) < 4.78 is 39.5. The highest BCUT2D eigenvalue weighted by atomic mass is 32.3. The Hall–Kier alpha value is -3.96. The van der Waals surface area contributed by atoms with Crippen LogP contribution in [0.15, 0.2) is 58.5 Å². The summed E-state index contributed by atoms with van der Waals surface area (Å²) >= 11 is 0. The molecule has 198 valence electrons. The summed E-state index contributed by atoms with van der Waals surface area (Å²) in [4.78, 5) is 21.2. The third-order valence-corrected chi connectivity index (χ3v) is 8.72. The summed E-state index contributed by atoms with van der Waals surface area (Å²) in [6, 6.07) is 11.1. The number of halogens is 1. The number of H-pyrrole nitrogens is 1. The molecule has 2 aromatic carbocycles. The summed E-state index contributed by atoms with van der Waals surface area (Å²) in [5, 5.41) is 2.11. The number of pyridine rings is 2. The first-order valence-electron chi connectivity index (χ1n) is 13.3. The summed E-state index contributed by atoms with van der Waals surface area (Å²) in [5.74, 6) is 2.67. The minimum atomic E-state index is -4.92. The molecule has 0 spiro atoms. The lowest BCUT2D eigenvalue weighted by Gasteiger charge is -2.21. The fourth-order valence-corrected chi connectivity index (χ4v) is 6.49. The Bertz CT molecular complexity index is 1980. The number of benzene rings is 2. The largest absolute Gasteiger partial charge is 0.340 e.